The van der Waals surface area contributed by atoms with Crippen LogP contribution in [0, 0.1) is 34.5 Å². The van der Waals surface area contributed by atoms with Crippen LogP contribution in [0.5, 0.6) is 0 Å². The van der Waals surface area contributed by atoms with Gasteiger partial charge in [0.15, 0.2) is 0 Å². The van der Waals surface area contributed by atoms with Crippen molar-refractivity contribution in [3.05, 3.63) is 0 Å². The van der Waals surface area contributed by atoms with Gasteiger partial charge in [0.1, 0.15) is 0 Å². The van der Waals surface area contributed by atoms with E-state index in [0.717, 1.165) is 17.8 Å². The predicted octanol–water partition coefficient (Wildman–Crippen LogP) is 6.48. The lowest BCUT2D eigenvalue weighted by Crippen LogP contribution is -2.40. The van der Waals surface area contributed by atoms with Crippen LogP contribution >= 0.6 is 0 Å². The summed E-state index contributed by atoms with van der Waals surface area (Å²) in [6.07, 6.45) is 17.5. The molecule has 2 rings (SSSR count). The number of unbranched alkanes of at least 4 members (excludes halogenated alkanes) is 3. The molecule has 2 aliphatic rings. The fourth-order valence-electron chi connectivity index (χ4n) is 5.10. The Morgan fingerprint density at radius 1 is 0.952 bits per heavy atom. The zero-order valence-corrected chi connectivity index (χ0v) is 14.4. The molecule has 0 aromatic rings. The maximum Gasteiger partial charge on any atom is 0.0692 e. The van der Waals surface area contributed by atoms with E-state index in [2.05, 4.69) is 19.9 Å². The van der Waals surface area contributed by atoms with E-state index in [4.69, 9.17) is 0 Å². The average molecular weight is 290 g/mol. The Morgan fingerprint density at radius 3 is 2.52 bits per heavy atom. The first-order valence-corrected chi connectivity index (χ1v) is 9.65. The number of hydrogen-bond acceptors (Lipinski definition) is 1. The van der Waals surface area contributed by atoms with E-state index in [1.807, 2.05) is 0 Å². The largest absolute Gasteiger partial charge is 0.198 e. The third-order valence-electron chi connectivity index (χ3n) is 6.36. The van der Waals surface area contributed by atoms with Crippen molar-refractivity contribution in [2.45, 2.75) is 97.3 Å². The Bertz CT molecular complexity index is 342. The van der Waals surface area contributed by atoms with Crippen LogP contribution in [-0.4, -0.2) is 0 Å². The summed E-state index contributed by atoms with van der Waals surface area (Å²) in [6, 6.07) is 2.80. The zero-order valence-electron chi connectivity index (χ0n) is 14.4. The quantitative estimate of drug-likeness (QED) is 0.492. The summed E-state index contributed by atoms with van der Waals surface area (Å²) < 4.78 is 0. The Balaban J connectivity index is 1.85. The van der Waals surface area contributed by atoms with E-state index in [-0.39, 0.29) is 5.41 Å². The van der Waals surface area contributed by atoms with Crippen LogP contribution in [0.3, 0.4) is 0 Å². The van der Waals surface area contributed by atoms with Crippen molar-refractivity contribution in [2.75, 3.05) is 0 Å². The smallest absolute Gasteiger partial charge is 0.0692 e. The van der Waals surface area contributed by atoms with Gasteiger partial charge in [-0.1, -0.05) is 65.2 Å². The van der Waals surface area contributed by atoms with Crippen LogP contribution in [0.25, 0.3) is 0 Å². The van der Waals surface area contributed by atoms with Crippen molar-refractivity contribution in [3.63, 3.8) is 0 Å². The maximum absolute atomic E-state index is 9.85. The highest BCUT2D eigenvalue weighted by molar-refractivity contribution is 5.08. The fourth-order valence-corrected chi connectivity index (χ4v) is 5.10. The van der Waals surface area contributed by atoms with Crippen molar-refractivity contribution >= 4 is 0 Å². The van der Waals surface area contributed by atoms with E-state index in [0.29, 0.717) is 0 Å². The zero-order chi connectivity index (χ0) is 15.1. The first-order valence-electron chi connectivity index (χ1n) is 9.65. The van der Waals surface area contributed by atoms with Crippen molar-refractivity contribution in [1.29, 1.82) is 5.26 Å². The first-order chi connectivity index (χ1) is 10.2. The summed E-state index contributed by atoms with van der Waals surface area (Å²) in [6.45, 7) is 4.58. The lowest BCUT2D eigenvalue weighted by atomic mass is 9.55. The van der Waals surface area contributed by atoms with E-state index >= 15 is 0 Å². The lowest BCUT2D eigenvalue weighted by Gasteiger charge is -2.48. The molecule has 21 heavy (non-hydrogen) atoms. The molecule has 1 nitrogen and oxygen atoms in total. The summed E-state index contributed by atoms with van der Waals surface area (Å²) in [4.78, 5) is 0. The molecule has 120 valence electrons. The monoisotopic (exact) mass is 289 g/mol. The van der Waals surface area contributed by atoms with Gasteiger partial charge in [-0.05, 0) is 49.9 Å². The number of hydrogen-bond donors (Lipinski definition) is 0. The second-order valence-corrected chi connectivity index (χ2v) is 7.89. The van der Waals surface area contributed by atoms with Crippen LogP contribution in [0.1, 0.15) is 97.3 Å². The molecule has 0 aliphatic heterocycles. The maximum atomic E-state index is 9.85. The molecular weight excluding hydrogens is 254 g/mol. The molecule has 0 saturated heterocycles. The minimum absolute atomic E-state index is 0.0675. The molecule has 0 aromatic heterocycles. The van der Waals surface area contributed by atoms with Gasteiger partial charge in [-0.25, -0.2) is 0 Å². The van der Waals surface area contributed by atoms with Gasteiger partial charge in [0.25, 0.3) is 0 Å². The van der Waals surface area contributed by atoms with Crippen molar-refractivity contribution < 1.29 is 0 Å². The second-order valence-electron chi connectivity index (χ2n) is 7.89. The van der Waals surface area contributed by atoms with Crippen LogP contribution < -0.4 is 0 Å². The van der Waals surface area contributed by atoms with Crippen molar-refractivity contribution in [3.8, 4) is 6.07 Å². The number of rotatable bonds is 7. The molecule has 0 N–H and O–H groups in total. The van der Waals surface area contributed by atoms with E-state index in [1.165, 1.54) is 83.5 Å². The third kappa shape index (κ3) is 4.24. The molecular formula is C20H35N. The van der Waals surface area contributed by atoms with E-state index < -0.39 is 0 Å². The Hall–Kier alpha value is -0.510. The van der Waals surface area contributed by atoms with Crippen LogP contribution in [0.15, 0.2) is 0 Å². The van der Waals surface area contributed by atoms with Gasteiger partial charge in [0.2, 0.25) is 0 Å². The molecule has 2 fully saturated rings. The average Bonchev–Trinajstić information content (AvgIpc) is 2.52. The minimum Gasteiger partial charge on any atom is -0.198 e. The SMILES string of the molecule is CCCCCCC1CCC2(C#N)C[C@H](CCC)CC[C@@H]2C1. The van der Waals surface area contributed by atoms with Gasteiger partial charge in [-0.2, -0.15) is 5.26 Å². The summed E-state index contributed by atoms with van der Waals surface area (Å²) in [5, 5.41) is 9.85. The van der Waals surface area contributed by atoms with Gasteiger partial charge >= 0.3 is 0 Å². The molecule has 0 amide bonds. The van der Waals surface area contributed by atoms with E-state index in [9.17, 15) is 5.26 Å². The molecule has 0 spiro atoms. The lowest BCUT2D eigenvalue weighted by molar-refractivity contribution is 0.0371. The summed E-state index contributed by atoms with van der Waals surface area (Å²) in [7, 11) is 0. The third-order valence-corrected chi connectivity index (χ3v) is 6.36. The van der Waals surface area contributed by atoms with Gasteiger partial charge in [-0.3, -0.25) is 0 Å². The van der Waals surface area contributed by atoms with E-state index in [1.54, 1.807) is 0 Å². The van der Waals surface area contributed by atoms with Gasteiger partial charge in [0.05, 0.1) is 11.5 Å². The van der Waals surface area contributed by atoms with Gasteiger partial charge < -0.3 is 0 Å². The highest BCUT2D eigenvalue weighted by atomic mass is 14.5. The minimum atomic E-state index is 0.0675. The summed E-state index contributed by atoms with van der Waals surface area (Å²) in [5.41, 5.74) is 0.0675. The molecule has 0 bridgehead atoms. The Morgan fingerprint density at radius 2 is 1.81 bits per heavy atom. The summed E-state index contributed by atoms with van der Waals surface area (Å²) in [5.74, 6) is 2.49. The number of nitriles is 1. The normalized spacial score (nSPS) is 36.0. The molecule has 0 radical (unpaired) electrons. The molecule has 2 saturated carbocycles. The number of nitrogens with zero attached hydrogens (tertiary/aromatic N) is 1. The topological polar surface area (TPSA) is 23.8 Å². The molecule has 2 unspecified atom stereocenters. The summed E-state index contributed by atoms with van der Waals surface area (Å²) >= 11 is 0. The second kappa shape index (κ2) is 8.21. The highest BCUT2D eigenvalue weighted by Gasteiger charge is 2.47. The molecule has 2 aliphatic carbocycles. The molecule has 1 heteroatoms. The van der Waals surface area contributed by atoms with Crippen LogP contribution in [0.4, 0.5) is 0 Å². The van der Waals surface area contributed by atoms with Crippen LogP contribution in [-0.2, 0) is 0 Å². The molecule has 0 aromatic carbocycles. The fraction of sp³-hybridized carbons (Fsp3) is 0.950. The molecule has 0 heterocycles. The van der Waals surface area contributed by atoms with Crippen molar-refractivity contribution in [1.82, 2.24) is 0 Å². The Kier molecular flexibility index (Phi) is 6.59. The standard InChI is InChI=1S/C20H35N/c1-3-5-6-7-9-17-12-13-20(16-21)15-18(8-4-2)10-11-19(20)14-17/h17-19H,3-15H2,1-2H3/t17?,18-,19-,20?/m1/s1. The van der Waals surface area contributed by atoms with Crippen LogP contribution in [0.2, 0.25) is 0 Å². The molecule has 4 atom stereocenters. The highest BCUT2D eigenvalue weighted by Crippen LogP contribution is 2.54. The van der Waals surface area contributed by atoms with Gasteiger partial charge in [-0.15, -0.1) is 0 Å². The first kappa shape index (κ1) is 16.9. The van der Waals surface area contributed by atoms with Gasteiger partial charge in [0, 0.05) is 0 Å². The predicted molar refractivity (Wildman–Crippen MR) is 89.9 cm³/mol. The Labute approximate surface area is 132 Å². The number of fused-ring (bicyclic) bond motifs is 1. The van der Waals surface area contributed by atoms with Crippen molar-refractivity contribution in [2.24, 2.45) is 23.2 Å².